The Bertz CT molecular complexity index is 389. The van der Waals surface area contributed by atoms with Gasteiger partial charge in [0.1, 0.15) is 5.69 Å². The first-order valence-corrected chi connectivity index (χ1v) is 9.18. The Labute approximate surface area is 137 Å². The lowest BCUT2D eigenvalue weighted by Gasteiger charge is -2.02. The summed E-state index contributed by atoms with van der Waals surface area (Å²) in [6.07, 6.45) is 15.3. The smallest absolute Gasteiger partial charge is 0.181 e. The standard InChI is InChI=1S/C18H28BrNO/c1-2-3-4-5-6-7-8-9-10-11-12-18(21)17-14-13-16(19)15-20-17/h13-15H,2-12H2,1H3. The number of hydrogen-bond donors (Lipinski definition) is 0. The molecular formula is C18H28BrNO. The third-order valence-electron chi connectivity index (χ3n) is 3.77. The maximum Gasteiger partial charge on any atom is 0.181 e. The highest BCUT2D eigenvalue weighted by atomic mass is 79.9. The van der Waals surface area contributed by atoms with Crippen molar-refractivity contribution in [2.24, 2.45) is 0 Å². The molecule has 0 unspecified atom stereocenters. The van der Waals surface area contributed by atoms with E-state index in [0.29, 0.717) is 12.1 Å². The molecule has 0 bridgehead atoms. The van der Waals surface area contributed by atoms with Crippen molar-refractivity contribution in [2.45, 2.75) is 77.6 Å². The Morgan fingerprint density at radius 2 is 1.52 bits per heavy atom. The minimum absolute atomic E-state index is 0.169. The molecule has 0 saturated heterocycles. The van der Waals surface area contributed by atoms with Gasteiger partial charge in [-0.25, -0.2) is 0 Å². The van der Waals surface area contributed by atoms with Gasteiger partial charge in [0.05, 0.1) is 0 Å². The van der Waals surface area contributed by atoms with Crippen molar-refractivity contribution in [3.05, 3.63) is 28.5 Å². The van der Waals surface area contributed by atoms with E-state index < -0.39 is 0 Å². The van der Waals surface area contributed by atoms with Crippen LogP contribution in [0.25, 0.3) is 0 Å². The number of pyridine rings is 1. The van der Waals surface area contributed by atoms with Crippen LogP contribution < -0.4 is 0 Å². The summed E-state index contributed by atoms with van der Waals surface area (Å²) in [4.78, 5) is 16.1. The SMILES string of the molecule is CCCCCCCCCCCCC(=O)c1ccc(Br)cn1. The zero-order valence-corrected chi connectivity index (χ0v) is 14.8. The average Bonchev–Trinajstić information content (AvgIpc) is 2.49. The van der Waals surface area contributed by atoms with Crippen LogP contribution in [0, 0.1) is 0 Å². The van der Waals surface area contributed by atoms with E-state index in [1.54, 1.807) is 12.3 Å². The number of nitrogens with zero attached hydrogens (tertiary/aromatic N) is 1. The van der Waals surface area contributed by atoms with Gasteiger partial charge >= 0.3 is 0 Å². The summed E-state index contributed by atoms with van der Waals surface area (Å²) in [5.74, 6) is 0.169. The monoisotopic (exact) mass is 353 g/mol. The number of carbonyl (C=O) groups is 1. The van der Waals surface area contributed by atoms with Gasteiger partial charge in [-0.1, -0.05) is 64.7 Å². The summed E-state index contributed by atoms with van der Waals surface area (Å²) in [7, 11) is 0. The van der Waals surface area contributed by atoms with E-state index in [1.807, 2.05) is 6.07 Å². The van der Waals surface area contributed by atoms with Gasteiger partial charge in [0.2, 0.25) is 0 Å². The molecule has 118 valence electrons. The minimum Gasteiger partial charge on any atom is -0.292 e. The molecule has 0 aromatic carbocycles. The molecule has 0 fully saturated rings. The largest absolute Gasteiger partial charge is 0.292 e. The van der Waals surface area contributed by atoms with Gasteiger partial charge < -0.3 is 0 Å². The van der Waals surface area contributed by atoms with Crippen molar-refractivity contribution in [1.29, 1.82) is 0 Å². The first-order chi connectivity index (χ1) is 10.2. The Kier molecular flexibility index (Phi) is 10.4. The van der Waals surface area contributed by atoms with Gasteiger partial charge in [0, 0.05) is 17.1 Å². The third-order valence-corrected chi connectivity index (χ3v) is 4.24. The number of aromatic nitrogens is 1. The van der Waals surface area contributed by atoms with Crippen LogP contribution in [-0.2, 0) is 0 Å². The van der Waals surface area contributed by atoms with E-state index in [0.717, 1.165) is 17.3 Å². The maximum atomic E-state index is 11.9. The fraction of sp³-hybridized carbons (Fsp3) is 0.667. The van der Waals surface area contributed by atoms with Gasteiger partial charge in [0.15, 0.2) is 5.78 Å². The molecule has 1 aromatic rings. The third kappa shape index (κ3) is 9.02. The van der Waals surface area contributed by atoms with Crippen LogP contribution in [-0.4, -0.2) is 10.8 Å². The zero-order valence-electron chi connectivity index (χ0n) is 13.2. The van der Waals surface area contributed by atoms with Crippen LogP contribution in [0.4, 0.5) is 0 Å². The zero-order chi connectivity index (χ0) is 15.3. The second kappa shape index (κ2) is 11.9. The van der Waals surface area contributed by atoms with E-state index >= 15 is 0 Å². The predicted molar refractivity (Wildman–Crippen MR) is 92.7 cm³/mol. The topological polar surface area (TPSA) is 30.0 Å². The van der Waals surface area contributed by atoms with Crippen molar-refractivity contribution < 1.29 is 4.79 Å². The number of rotatable bonds is 12. The van der Waals surface area contributed by atoms with Crippen LogP contribution in [0.15, 0.2) is 22.8 Å². The van der Waals surface area contributed by atoms with E-state index in [-0.39, 0.29) is 5.78 Å². The quantitative estimate of drug-likeness (QED) is 0.324. The lowest BCUT2D eigenvalue weighted by molar-refractivity contribution is 0.0974. The number of Topliss-reactive ketones (excluding diaryl/α,β-unsaturated/α-hetero) is 1. The summed E-state index contributed by atoms with van der Waals surface area (Å²) in [6.45, 7) is 2.26. The molecule has 0 aliphatic carbocycles. The number of halogens is 1. The van der Waals surface area contributed by atoms with Crippen molar-refractivity contribution >= 4 is 21.7 Å². The second-order valence-corrected chi connectivity index (χ2v) is 6.63. The van der Waals surface area contributed by atoms with E-state index in [4.69, 9.17) is 0 Å². The van der Waals surface area contributed by atoms with Crippen LogP contribution in [0.2, 0.25) is 0 Å². The first kappa shape index (κ1) is 18.3. The Morgan fingerprint density at radius 1 is 0.952 bits per heavy atom. The highest BCUT2D eigenvalue weighted by Gasteiger charge is 2.06. The molecule has 1 rings (SSSR count). The predicted octanol–water partition coefficient (Wildman–Crippen LogP) is 6.34. The molecule has 0 aliphatic rings. The van der Waals surface area contributed by atoms with Crippen molar-refractivity contribution in [3.63, 3.8) is 0 Å². The molecule has 2 nitrogen and oxygen atoms in total. The lowest BCUT2D eigenvalue weighted by Crippen LogP contribution is -2.01. The summed E-state index contributed by atoms with van der Waals surface area (Å²) in [5, 5.41) is 0. The summed E-state index contributed by atoms with van der Waals surface area (Å²) < 4.78 is 0.915. The van der Waals surface area contributed by atoms with Gasteiger partial charge in [-0.3, -0.25) is 9.78 Å². The number of carbonyl (C=O) groups excluding carboxylic acids is 1. The highest BCUT2D eigenvalue weighted by molar-refractivity contribution is 9.10. The Balaban J connectivity index is 1.96. The molecule has 0 spiro atoms. The molecular weight excluding hydrogens is 326 g/mol. The molecule has 0 aliphatic heterocycles. The molecule has 0 atom stereocenters. The molecule has 3 heteroatoms. The average molecular weight is 354 g/mol. The molecule has 21 heavy (non-hydrogen) atoms. The van der Waals surface area contributed by atoms with Crippen LogP contribution in [0.5, 0.6) is 0 Å². The normalized spacial score (nSPS) is 10.8. The van der Waals surface area contributed by atoms with Gasteiger partial charge in [0.25, 0.3) is 0 Å². The van der Waals surface area contributed by atoms with Crippen molar-refractivity contribution in [1.82, 2.24) is 4.98 Å². The molecule has 0 radical (unpaired) electrons. The molecule has 0 saturated carbocycles. The summed E-state index contributed by atoms with van der Waals surface area (Å²) in [5.41, 5.74) is 0.592. The van der Waals surface area contributed by atoms with Crippen LogP contribution in [0.1, 0.15) is 88.0 Å². The highest BCUT2D eigenvalue weighted by Crippen LogP contribution is 2.13. The van der Waals surface area contributed by atoms with E-state index in [1.165, 1.54) is 51.4 Å². The van der Waals surface area contributed by atoms with Crippen molar-refractivity contribution in [3.8, 4) is 0 Å². The molecule has 1 aromatic heterocycles. The molecule has 0 N–H and O–H groups in total. The van der Waals surface area contributed by atoms with Crippen LogP contribution >= 0.6 is 15.9 Å². The number of unbranched alkanes of at least 4 members (excludes halogenated alkanes) is 9. The fourth-order valence-electron chi connectivity index (χ4n) is 2.44. The lowest BCUT2D eigenvalue weighted by atomic mass is 10.0. The van der Waals surface area contributed by atoms with Gasteiger partial charge in [-0.15, -0.1) is 0 Å². The Hall–Kier alpha value is -0.700. The Morgan fingerprint density at radius 3 is 2.05 bits per heavy atom. The summed E-state index contributed by atoms with van der Waals surface area (Å²) >= 11 is 3.33. The van der Waals surface area contributed by atoms with Gasteiger partial charge in [-0.05, 0) is 34.5 Å². The molecule has 1 heterocycles. The molecule has 0 amide bonds. The van der Waals surface area contributed by atoms with Crippen LogP contribution in [0.3, 0.4) is 0 Å². The van der Waals surface area contributed by atoms with E-state index in [9.17, 15) is 4.79 Å². The van der Waals surface area contributed by atoms with Gasteiger partial charge in [-0.2, -0.15) is 0 Å². The number of ketones is 1. The van der Waals surface area contributed by atoms with Crippen molar-refractivity contribution in [2.75, 3.05) is 0 Å². The second-order valence-electron chi connectivity index (χ2n) is 5.72. The fourth-order valence-corrected chi connectivity index (χ4v) is 2.68. The number of hydrogen-bond acceptors (Lipinski definition) is 2. The van der Waals surface area contributed by atoms with E-state index in [2.05, 4.69) is 27.8 Å². The maximum absolute atomic E-state index is 11.9. The summed E-state index contributed by atoms with van der Waals surface area (Å²) in [6, 6.07) is 3.67. The first-order valence-electron chi connectivity index (χ1n) is 8.38. The minimum atomic E-state index is 0.169.